The number of unbranched alkanes of at least 4 members (excludes halogenated alkanes) is 2. The highest BCUT2D eigenvalue weighted by atomic mass is 32.1. The number of rotatable bonds is 10. The maximum atomic E-state index is 9.18. The van der Waals surface area contributed by atoms with E-state index in [1.807, 2.05) is 36.5 Å². The minimum atomic E-state index is -0.0767. The van der Waals surface area contributed by atoms with Crippen LogP contribution in [0.5, 0.6) is 0 Å². The Balaban J connectivity index is 1.59. The largest absolute Gasteiger partial charge is 0.396 e. The first-order valence-corrected chi connectivity index (χ1v) is 12.7. The van der Waals surface area contributed by atoms with Gasteiger partial charge < -0.3 is 5.11 Å². The van der Waals surface area contributed by atoms with E-state index in [1.54, 1.807) is 11.3 Å². The van der Waals surface area contributed by atoms with Crippen LogP contribution in [0, 0.1) is 0 Å². The van der Waals surface area contributed by atoms with Crippen LogP contribution in [0.25, 0.3) is 10.4 Å². The third kappa shape index (κ3) is 5.40. The maximum absolute atomic E-state index is 9.18. The molecule has 3 aromatic rings. The number of para-hydroxylation sites is 1. The molecule has 33 heavy (non-hydrogen) atoms. The zero-order valence-corrected chi connectivity index (χ0v) is 20.4. The molecule has 2 heterocycles. The topological polar surface area (TPSA) is 35.6 Å². The Morgan fingerprint density at radius 1 is 1.00 bits per heavy atom. The van der Waals surface area contributed by atoms with Crippen LogP contribution in [0.1, 0.15) is 45.1 Å². The summed E-state index contributed by atoms with van der Waals surface area (Å²) in [6.45, 7) is 5.89. The molecule has 4 rings (SSSR count). The van der Waals surface area contributed by atoms with E-state index in [-0.39, 0.29) is 12.0 Å². The van der Waals surface area contributed by atoms with E-state index in [9.17, 15) is 5.11 Å². The summed E-state index contributed by atoms with van der Waals surface area (Å²) < 4.78 is 2.48. The van der Waals surface area contributed by atoms with E-state index >= 15 is 0 Å². The molecule has 0 bridgehead atoms. The number of allylic oxidation sites excluding steroid dienone is 2. The third-order valence-electron chi connectivity index (χ3n) is 6.25. The van der Waals surface area contributed by atoms with Crippen LogP contribution in [0.2, 0.25) is 0 Å². The van der Waals surface area contributed by atoms with Crippen molar-refractivity contribution in [2.75, 3.05) is 13.2 Å². The first kappa shape index (κ1) is 23.3. The molecule has 0 fully saturated rings. The van der Waals surface area contributed by atoms with Gasteiger partial charge in [-0.25, -0.2) is 0 Å². The number of hydrogen-bond acceptors (Lipinski definition) is 3. The second-order valence-electron chi connectivity index (χ2n) is 8.94. The number of benzene rings is 2. The van der Waals surface area contributed by atoms with Gasteiger partial charge in [0.1, 0.15) is 6.54 Å². The lowest BCUT2D eigenvalue weighted by molar-refractivity contribution is -0.438. The Labute approximate surface area is 201 Å². The lowest BCUT2D eigenvalue weighted by Gasteiger charge is -2.16. The van der Waals surface area contributed by atoms with Crippen molar-refractivity contribution in [1.82, 2.24) is 0 Å². The molecule has 1 aliphatic rings. The SMILES string of the molecule is CC1(C)C(/C=C/CC=Nc2ccccc2)=[N+](CCCCCO)c2ccc(-c3cccs3)cc21. The normalized spacial score (nSPS) is 15.1. The van der Waals surface area contributed by atoms with Crippen molar-refractivity contribution >= 4 is 34.6 Å². The zero-order valence-electron chi connectivity index (χ0n) is 19.6. The van der Waals surface area contributed by atoms with Gasteiger partial charge in [0.2, 0.25) is 5.69 Å². The summed E-state index contributed by atoms with van der Waals surface area (Å²) in [5, 5.41) is 11.3. The predicted molar refractivity (Wildman–Crippen MR) is 142 cm³/mol. The van der Waals surface area contributed by atoms with Crippen molar-refractivity contribution in [2.24, 2.45) is 4.99 Å². The van der Waals surface area contributed by atoms with Gasteiger partial charge in [0, 0.05) is 48.2 Å². The standard InChI is InChI=1S/C29H33N2OS/c1-29(2)25-22-23(27-14-11-21-33-27)16-17-26(25)31(19-9-4-10-20-32)28(29)15-7-8-18-30-24-12-5-3-6-13-24/h3,5-7,11-18,21-22,32H,4,8-10,19-20H2,1-2H3/q+1/b15-7+,30-18?. The lowest BCUT2D eigenvalue weighted by Crippen LogP contribution is -2.28. The molecule has 1 aliphatic heterocycles. The number of aliphatic hydroxyl groups is 1. The van der Waals surface area contributed by atoms with Crippen LogP contribution in [-0.2, 0) is 5.41 Å². The summed E-state index contributed by atoms with van der Waals surface area (Å²) in [6.07, 6.45) is 10.2. The van der Waals surface area contributed by atoms with Crippen LogP contribution < -0.4 is 0 Å². The number of thiophene rings is 1. The Hall–Kier alpha value is -2.82. The van der Waals surface area contributed by atoms with Crippen LogP contribution in [0.4, 0.5) is 11.4 Å². The van der Waals surface area contributed by atoms with Crippen molar-refractivity contribution in [3.05, 3.63) is 83.8 Å². The van der Waals surface area contributed by atoms with Crippen molar-refractivity contribution in [2.45, 2.75) is 44.9 Å². The van der Waals surface area contributed by atoms with Crippen LogP contribution >= 0.6 is 11.3 Å². The van der Waals surface area contributed by atoms with E-state index in [1.165, 1.54) is 27.4 Å². The molecule has 0 saturated carbocycles. The summed E-state index contributed by atoms with van der Waals surface area (Å²) in [5.74, 6) is 0. The fourth-order valence-electron chi connectivity index (χ4n) is 4.48. The molecule has 0 amide bonds. The van der Waals surface area contributed by atoms with Crippen molar-refractivity contribution in [3.63, 3.8) is 0 Å². The van der Waals surface area contributed by atoms with Crippen LogP contribution in [-0.4, -0.2) is 34.8 Å². The molecule has 0 unspecified atom stereocenters. The molecule has 2 aromatic carbocycles. The highest BCUT2D eigenvalue weighted by Gasteiger charge is 2.44. The third-order valence-corrected chi connectivity index (χ3v) is 7.17. The maximum Gasteiger partial charge on any atom is 0.209 e. The van der Waals surface area contributed by atoms with Gasteiger partial charge >= 0.3 is 0 Å². The highest BCUT2D eigenvalue weighted by molar-refractivity contribution is 7.13. The number of aliphatic imine (C=N–C) groups is 1. The minimum absolute atomic E-state index is 0.0767. The molecule has 170 valence electrons. The van der Waals surface area contributed by atoms with Crippen LogP contribution in [0.15, 0.2) is 83.2 Å². The van der Waals surface area contributed by atoms with E-state index in [4.69, 9.17) is 0 Å². The van der Waals surface area contributed by atoms with Gasteiger partial charge in [-0.3, -0.25) is 4.99 Å². The predicted octanol–water partition coefficient (Wildman–Crippen LogP) is 7.30. The summed E-state index contributed by atoms with van der Waals surface area (Å²) in [4.78, 5) is 5.86. The summed E-state index contributed by atoms with van der Waals surface area (Å²) >= 11 is 1.79. The molecule has 4 heteroatoms. The van der Waals surface area contributed by atoms with Gasteiger partial charge in [0.25, 0.3) is 0 Å². The van der Waals surface area contributed by atoms with E-state index < -0.39 is 0 Å². The number of nitrogens with zero attached hydrogens (tertiary/aromatic N) is 2. The van der Waals surface area contributed by atoms with Gasteiger partial charge in [0.15, 0.2) is 5.71 Å². The molecule has 3 nitrogen and oxygen atoms in total. The van der Waals surface area contributed by atoms with Crippen LogP contribution in [0.3, 0.4) is 0 Å². The van der Waals surface area contributed by atoms with Gasteiger partial charge in [-0.2, -0.15) is 4.58 Å². The average molecular weight is 458 g/mol. The molecule has 0 saturated heterocycles. The average Bonchev–Trinajstić information content (AvgIpc) is 3.43. The highest BCUT2D eigenvalue weighted by Crippen LogP contribution is 2.42. The Bertz CT molecular complexity index is 1140. The van der Waals surface area contributed by atoms with E-state index in [0.29, 0.717) is 0 Å². The fraction of sp³-hybridized carbons (Fsp3) is 0.310. The number of hydrogen-bond donors (Lipinski definition) is 1. The molecule has 0 aliphatic carbocycles. The smallest absolute Gasteiger partial charge is 0.209 e. The van der Waals surface area contributed by atoms with Gasteiger partial charge in [0.05, 0.1) is 11.1 Å². The Morgan fingerprint density at radius 3 is 2.61 bits per heavy atom. The first-order chi connectivity index (χ1) is 16.1. The summed E-state index contributed by atoms with van der Waals surface area (Å²) in [5.41, 5.74) is 6.22. The summed E-state index contributed by atoms with van der Waals surface area (Å²) in [6, 6.07) is 21.3. The van der Waals surface area contributed by atoms with Gasteiger partial charge in [-0.1, -0.05) is 30.3 Å². The zero-order chi connectivity index (χ0) is 23.1. The number of aliphatic hydroxyl groups excluding tert-OH is 1. The molecular weight excluding hydrogens is 424 g/mol. The molecule has 0 atom stereocenters. The molecule has 1 aromatic heterocycles. The monoisotopic (exact) mass is 457 g/mol. The van der Waals surface area contributed by atoms with E-state index in [2.05, 4.69) is 71.3 Å². The summed E-state index contributed by atoms with van der Waals surface area (Å²) in [7, 11) is 0. The first-order valence-electron chi connectivity index (χ1n) is 11.8. The molecule has 0 spiro atoms. The van der Waals surface area contributed by atoms with Gasteiger partial charge in [-0.05, 0) is 68.0 Å². The fourth-order valence-corrected chi connectivity index (χ4v) is 5.21. The Morgan fingerprint density at radius 2 is 1.85 bits per heavy atom. The number of fused-ring (bicyclic) bond motifs is 1. The molecular formula is C29H33N2OS+. The van der Waals surface area contributed by atoms with Crippen molar-refractivity contribution < 1.29 is 9.68 Å². The molecule has 0 radical (unpaired) electrons. The van der Waals surface area contributed by atoms with E-state index in [0.717, 1.165) is 37.9 Å². The Kier molecular flexibility index (Phi) is 7.69. The lowest BCUT2D eigenvalue weighted by atomic mass is 9.80. The second kappa shape index (κ2) is 10.9. The quantitative estimate of drug-likeness (QED) is 0.193. The van der Waals surface area contributed by atoms with Crippen molar-refractivity contribution in [1.29, 1.82) is 0 Å². The van der Waals surface area contributed by atoms with Gasteiger partial charge in [-0.15, -0.1) is 11.3 Å². The molecule has 1 N–H and O–H groups in total. The second-order valence-corrected chi connectivity index (χ2v) is 9.89. The van der Waals surface area contributed by atoms with Crippen molar-refractivity contribution in [3.8, 4) is 10.4 Å². The minimum Gasteiger partial charge on any atom is -0.396 e.